The van der Waals surface area contributed by atoms with Gasteiger partial charge in [0.05, 0.1) is 34.6 Å². The van der Waals surface area contributed by atoms with Crippen LogP contribution in [0.1, 0.15) is 15.9 Å². The Hall–Kier alpha value is -4.42. The number of aromatic amines is 1. The third-order valence-electron chi connectivity index (χ3n) is 5.96. The molecule has 8 nitrogen and oxygen atoms in total. The minimum Gasteiger partial charge on any atom is -0.483 e. The van der Waals surface area contributed by atoms with Crippen molar-refractivity contribution < 1.29 is 19.1 Å². The number of para-hydroxylation sites is 1. The molecule has 36 heavy (non-hydrogen) atoms. The molecule has 1 saturated heterocycles. The number of carbonyl (C=O) groups excluding carboxylic acids is 1. The summed E-state index contributed by atoms with van der Waals surface area (Å²) in [6, 6.07) is 17.5. The van der Waals surface area contributed by atoms with Crippen LogP contribution < -0.4 is 4.90 Å². The molecular formula is C26H21ClFN5O3. The molecule has 0 bridgehead atoms. The van der Waals surface area contributed by atoms with E-state index >= 15 is 0 Å². The predicted molar refractivity (Wildman–Crippen MR) is 134 cm³/mol. The zero-order chi connectivity index (χ0) is 25.7. The summed E-state index contributed by atoms with van der Waals surface area (Å²) in [7, 11) is 0. The van der Waals surface area contributed by atoms with Gasteiger partial charge < -0.3 is 14.9 Å². The van der Waals surface area contributed by atoms with Crippen molar-refractivity contribution in [2.24, 2.45) is 0 Å². The Kier molecular flexibility index (Phi) is 7.47. The topological polar surface area (TPSA) is 113 Å². The zero-order valence-electron chi connectivity index (χ0n) is 19.0. The quantitative estimate of drug-likeness (QED) is 0.395. The van der Waals surface area contributed by atoms with Crippen LogP contribution in [0.5, 0.6) is 0 Å². The molecule has 0 spiro atoms. The number of H-pyrrole nitrogens is 1. The number of carbonyl (C=O) groups is 2. The van der Waals surface area contributed by atoms with E-state index in [-0.39, 0.29) is 18.2 Å². The molecule has 1 amide bonds. The van der Waals surface area contributed by atoms with E-state index in [0.717, 1.165) is 22.0 Å². The average molecular weight is 506 g/mol. The normalized spacial score (nSPS) is 13.0. The number of piperazine rings is 1. The molecule has 0 radical (unpaired) electrons. The second-order valence-electron chi connectivity index (χ2n) is 8.00. The lowest BCUT2D eigenvalue weighted by atomic mass is 9.98. The Labute approximate surface area is 211 Å². The molecule has 0 atom stereocenters. The number of benzene rings is 3. The van der Waals surface area contributed by atoms with Gasteiger partial charge in [0.2, 0.25) is 0 Å². The van der Waals surface area contributed by atoms with Gasteiger partial charge in [0, 0.05) is 42.2 Å². The van der Waals surface area contributed by atoms with Crippen molar-refractivity contribution in [2.45, 2.75) is 0 Å². The lowest BCUT2D eigenvalue weighted by molar-refractivity contribution is -0.122. The van der Waals surface area contributed by atoms with Crippen LogP contribution in [-0.4, -0.2) is 58.8 Å². The minimum atomic E-state index is -0.260. The first-order valence-corrected chi connectivity index (χ1v) is 11.4. The second kappa shape index (κ2) is 10.9. The van der Waals surface area contributed by atoms with Gasteiger partial charge in [0.25, 0.3) is 12.4 Å². The molecule has 10 heteroatoms. The van der Waals surface area contributed by atoms with Gasteiger partial charge in [-0.2, -0.15) is 10.4 Å². The first-order valence-electron chi connectivity index (χ1n) is 11.0. The highest BCUT2D eigenvalue weighted by Crippen LogP contribution is 2.33. The SMILES string of the molecule is N#Cc1ccc(-c2cc(C(=O)N3CCN(c4ccccc4F)CC3)c3cn[nH]c3c2)c(Cl)c1.O=CO. The summed E-state index contributed by atoms with van der Waals surface area (Å²) >= 11 is 6.43. The molecule has 1 aromatic heterocycles. The predicted octanol–water partition coefficient (Wildman–Crippen LogP) is 4.56. The van der Waals surface area contributed by atoms with Crippen LogP contribution in [-0.2, 0) is 4.79 Å². The van der Waals surface area contributed by atoms with E-state index < -0.39 is 0 Å². The molecule has 2 N–H and O–H groups in total. The van der Waals surface area contributed by atoms with E-state index in [1.54, 1.807) is 41.4 Å². The van der Waals surface area contributed by atoms with Crippen LogP contribution >= 0.6 is 11.6 Å². The molecule has 0 saturated carbocycles. The third kappa shape index (κ3) is 4.99. The summed E-state index contributed by atoms with van der Waals surface area (Å²) < 4.78 is 14.2. The average Bonchev–Trinajstić information content (AvgIpc) is 3.37. The van der Waals surface area contributed by atoms with E-state index in [1.807, 2.05) is 23.1 Å². The van der Waals surface area contributed by atoms with E-state index in [1.165, 1.54) is 6.07 Å². The number of fused-ring (bicyclic) bond motifs is 1. The van der Waals surface area contributed by atoms with E-state index in [9.17, 15) is 9.18 Å². The number of nitrogens with one attached hydrogen (secondary N) is 1. The number of nitrogens with zero attached hydrogens (tertiary/aromatic N) is 4. The molecule has 4 aromatic rings. The molecule has 0 unspecified atom stereocenters. The van der Waals surface area contributed by atoms with Gasteiger partial charge in [-0.1, -0.05) is 29.8 Å². The van der Waals surface area contributed by atoms with Crippen molar-refractivity contribution in [3.8, 4) is 17.2 Å². The maximum absolute atomic E-state index is 14.2. The first-order chi connectivity index (χ1) is 17.5. The molecule has 1 aliphatic rings. The minimum absolute atomic E-state index is 0.110. The Balaban J connectivity index is 0.000000967. The molecule has 3 aromatic carbocycles. The van der Waals surface area contributed by atoms with Crippen LogP contribution in [0.3, 0.4) is 0 Å². The summed E-state index contributed by atoms with van der Waals surface area (Å²) in [4.78, 5) is 25.6. The number of anilines is 1. The number of amides is 1. The van der Waals surface area contributed by atoms with Crippen LogP contribution in [0.2, 0.25) is 5.02 Å². The van der Waals surface area contributed by atoms with Gasteiger partial charge in [0.1, 0.15) is 5.82 Å². The number of hydrogen-bond acceptors (Lipinski definition) is 5. The Morgan fingerprint density at radius 3 is 2.53 bits per heavy atom. The number of hydrogen-bond donors (Lipinski definition) is 2. The maximum atomic E-state index is 14.2. The fraction of sp³-hybridized carbons (Fsp3) is 0.154. The van der Waals surface area contributed by atoms with Crippen molar-refractivity contribution in [1.29, 1.82) is 5.26 Å². The van der Waals surface area contributed by atoms with Gasteiger partial charge >= 0.3 is 0 Å². The number of rotatable bonds is 3. The maximum Gasteiger partial charge on any atom is 0.290 e. The fourth-order valence-corrected chi connectivity index (χ4v) is 4.52. The van der Waals surface area contributed by atoms with Gasteiger partial charge in [-0.3, -0.25) is 14.7 Å². The number of aromatic nitrogens is 2. The largest absolute Gasteiger partial charge is 0.483 e. The van der Waals surface area contributed by atoms with Crippen LogP contribution in [0, 0.1) is 17.1 Å². The van der Waals surface area contributed by atoms with Gasteiger partial charge in [-0.05, 0) is 42.0 Å². The summed E-state index contributed by atoms with van der Waals surface area (Å²) in [5.74, 6) is -0.370. The Bertz CT molecular complexity index is 1460. The van der Waals surface area contributed by atoms with Crippen LogP contribution in [0.25, 0.3) is 22.0 Å². The molecular weight excluding hydrogens is 485 g/mol. The Morgan fingerprint density at radius 1 is 1.14 bits per heavy atom. The van der Waals surface area contributed by atoms with E-state index in [2.05, 4.69) is 16.3 Å². The lowest BCUT2D eigenvalue weighted by Crippen LogP contribution is -2.49. The monoisotopic (exact) mass is 505 g/mol. The fourth-order valence-electron chi connectivity index (χ4n) is 4.23. The number of halogens is 2. The summed E-state index contributed by atoms with van der Waals surface area (Å²) in [6.45, 7) is 1.80. The van der Waals surface area contributed by atoms with Gasteiger partial charge in [0.15, 0.2) is 0 Å². The molecule has 2 heterocycles. The summed E-state index contributed by atoms with van der Waals surface area (Å²) in [6.07, 6.45) is 1.64. The second-order valence-corrected chi connectivity index (χ2v) is 8.40. The zero-order valence-corrected chi connectivity index (χ0v) is 19.7. The Morgan fingerprint density at radius 2 is 1.86 bits per heavy atom. The van der Waals surface area contributed by atoms with Gasteiger partial charge in [-0.25, -0.2) is 4.39 Å². The van der Waals surface area contributed by atoms with Crippen molar-refractivity contribution in [3.05, 3.63) is 82.8 Å². The smallest absolute Gasteiger partial charge is 0.290 e. The van der Waals surface area contributed by atoms with E-state index in [4.69, 9.17) is 26.8 Å². The highest BCUT2D eigenvalue weighted by atomic mass is 35.5. The van der Waals surface area contributed by atoms with Crippen LogP contribution in [0.15, 0.2) is 60.8 Å². The highest BCUT2D eigenvalue weighted by Gasteiger charge is 2.25. The summed E-state index contributed by atoms with van der Waals surface area (Å²) in [5.41, 5.74) is 3.76. The highest BCUT2D eigenvalue weighted by molar-refractivity contribution is 6.33. The number of carboxylic acid groups (broad SMARTS) is 1. The lowest BCUT2D eigenvalue weighted by Gasteiger charge is -2.36. The van der Waals surface area contributed by atoms with Crippen molar-refractivity contribution in [1.82, 2.24) is 15.1 Å². The first kappa shape index (κ1) is 24.7. The van der Waals surface area contributed by atoms with Crippen molar-refractivity contribution in [2.75, 3.05) is 31.1 Å². The van der Waals surface area contributed by atoms with Crippen molar-refractivity contribution in [3.63, 3.8) is 0 Å². The molecule has 1 aliphatic heterocycles. The van der Waals surface area contributed by atoms with Crippen molar-refractivity contribution >= 4 is 40.6 Å². The van der Waals surface area contributed by atoms with Gasteiger partial charge in [-0.15, -0.1) is 0 Å². The molecule has 182 valence electrons. The third-order valence-corrected chi connectivity index (χ3v) is 6.27. The van der Waals surface area contributed by atoms with Crippen LogP contribution in [0.4, 0.5) is 10.1 Å². The molecule has 0 aliphatic carbocycles. The molecule has 1 fully saturated rings. The number of nitriles is 1. The standard InChI is InChI=1S/C25H19ClFN5O.CH2O2/c26-21-11-16(14-28)5-6-18(21)17-12-19(20-15-29-30-23(20)13-17)25(33)32-9-7-31(8-10-32)24-4-2-1-3-22(24)27;2-1-3/h1-6,11-13,15H,7-10H2,(H,29,30);1H,(H,2,3). The molecule has 5 rings (SSSR count). The van der Waals surface area contributed by atoms with E-state index in [0.29, 0.717) is 48.0 Å². The summed E-state index contributed by atoms with van der Waals surface area (Å²) in [5, 5.41) is 24.2.